The molecule has 0 bridgehead atoms. The van der Waals surface area contributed by atoms with Gasteiger partial charge in [0.1, 0.15) is 11.2 Å². The highest BCUT2D eigenvalue weighted by Crippen LogP contribution is 2.52. The molecule has 0 radical (unpaired) electrons. The molecule has 0 spiro atoms. The van der Waals surface area contributed by atoms with Gasteiger partial charge in [0, 0.05) is 49.3 Å². The van der Waals surface area contributed by atoms with Crippen LogP contribution in [-0.4, -0.2) is 19.5 Å². The Balaban J connectivity index is 1.07. The SMILES string of the molecule is CC1(C)c2cc3oc4ccccc4c3cc2-c2cc3c4ccccc4n(-c4ccc(-c5nc(-c6ccccc6)nc(-c6ccccc6)n5)cc4)c3cc21. The summed E-state index contributed by atoms with van der Waals surface area (Å²) in [4.78, 5) is 14.8. The molecule has 7 aromatic carbocycles. The highest BCUT2D eigenvalue weighted by atomic mass is 16.3. The summed E-state index contributed by atoms with van der Waals surface area (Å²) in [6, 6.07) is 55.3. The minimum Gasteiger partial charge on any atom is -0.456 e. The van der Waals surface area contributed by atoms with Gasteiger partial charge in [0.15, 0.2) is 17.5 Å². The number of rotatable bonds is 4. The summed E-state index contributed by atoms with van der Waals surface area (Å²) in [6.07, 6.45) is 0. The van der Waals surface area contributed by atoms with Crippen LogP contribution in [0.4, 0.5) is 0 Å². The largest absolute Gasteiger partial charge is 0.456 e. The van der Waals surface area contributed by atoms with Crippen molar-refractivity contribution in [3.63, 3.8) is 0 Å². The molecule has 0 amide bonds. The van der Waals surface area contributed by atoms with Gasteiger partial charge in [-0.15, -0.1) is 0 Å². The topological polar surface area (TPSA) is 56.7 Å². The molecule has 0 saturated heterocycles. The second kappa shape index (κ2) is 11.1. The lowest BCUT2D eigenvalue weighted by Gasteiger charge is -2.21. The molecule has 0 fully saturated rings. The number of fused-ring (bicyclic) bond motifs is 9. The van der Waals surface area contributed by atoms with Crippen molar-refractivity contribution in [1.82, 2.24) is 19.5 Å². The third-order valence-electron chi connectivity index (χ3n) is 11.0. The van der Waals surface area contributed by atoms with Crippen LogP contribution < -0.4 is 0 Å². The summed E-state index contributed by atoms with van der Waals surface area (Å²) in [7, 11) is 0. The molecule has 1 aliphatic carbocycles. The van der Waals surface area contributed by atoms with Crippen LogP contribution in [0.5, 0.6) is 0 Å². The number of aromatic nitrogens is 4. The van der Waals surface area contributed by atoms with Gasteiger partial charge in [0.2, 0.25) is 0 Å². The van der Waals surface area contributed by atoms with Gasteiger partial charge in [-0.2, -0.15) is 0 Å². The van der Waals surface area contributed by atoms with Crippen molar-refractivity contribution in [1.29, 1.82) is 0 Å². The molecule has 0 aliphatic heterocycles. The Morgan fingerprint density at radius 2 is 0.962 bits per heavy atom. The first kappa shape index (κ1) is 29.8. The fourth-order valence-corrected chi connectivity index (χ4v) is 8.39. The van der Waals surface area contributed by atoms with Crippen LogP contribution in [0.3, 0.4) is 0 Å². The Kier molecular flexibility index (Phi) is 6.23. The van der Waals surface area contributed by atoms with Gasteiger partial charge in [-0.05, 0) is 82.9 Å². The van der Waals surface area contributed by atoms with Crippen LogP contribution in [0.2, 0.25) is 0 Å². The lowest BCUT2D eigenvalue weighted by atomic mass is 9.82. The highest BCUT2D eigenvalue weighted by molar-refractivity contribution is 6.13. The molecule has 5 heteroatoms. The van der Waals surface area contributed by atoms with Gasteiger partial charge in [-0.1, -0.05) is 111 Å². The van der Waals surface area contributed by atoms with E-state index in [4.69, 9.17) is 19.4 Å². The van der Waals surface area contributed by atoms with E-state index < -0.39 is 0 Å². The molecule has 0 unspecified atom stereocenters. The quantitative estimate of drug-likeness (QED) is 0.186. The first-order chi connectivity index (χ1) is 26.0. The summed E-state index contributed by atoms with van der Waals surface area (Å²) >= 11 is 0. The van der Waals surface area contributed by atoms with E-state index in [1.807, 2.05) is 66.7 Å². The second-order valence-electron chi connectivity index (χ2n) is 14.5. The molecule has 0 N–H and O–H groups in total. The maximum Gasteiger partial charge on any atom is 0.164 e. The monoisotopic (exact) mass is 680 g/mol. The molecule has 1 aliphatic rings. The Hall–Kier alpha value is -6.85. The third-order valence-corrected chi connectivity index (χ3v) is 11.0. The predicted molar refractivity (Wildman–Crippen MR) is 215 cm³/mol. The standard InChI is InChI=1S/C48H32N4O/c1-48(2)39-27-42-37(25-35(39)36-26-38-34-18-10-12-20-43(34)53-44(38)28-40(36)48)33-17-9-11-19-41(33)52(42)32-23-21-31(22-24-32)47-50-45(29-13-5-3-6-14-29)49-46(51-47)30-15-7-4-8-16-30/h3-28H,1-2H3. The number of hydrogen-bond donors (Lipinski definition) is 0. The Bertz CT molecular complexity index is 3010. The van der Waals surface area contributed by atoms with Gasteiger partial charge in [-0.25, -0.2) is 15.0 Å². The van der Waals surface area contributed by atoms with E-state index in [9.17, 15) is 0 Å². The van der Waals surface area contributed by atoms with Crippen molar-refractivity contribution >= 4 is 43.7 Å². The van der Waals surface area contributed by atoms with E-state index in [0.717, 1.165) is 44.3 Å². The average molecular weight is 681 g/mol. The Morgan fingerprint density at radius 3 is 1.62 bits per heavy atom. The number of furan rings is 1. The zero-order valence-electron chi connectivity index (χ0n) is 29.2. The lowest BCUT2D eigenvalue weighted by Crippen LogP contribution is -2.15. The fraction of sp³-hybridized carbons (Fsp3) is 0.0625. The van der Waals surface area contributed by atoms with E-state index in [2.05, 4.69) is 109 Å². The Labute approximate surface area is 305 Å². The van der Waals surface area contributed by atoms with Crippen LogP contribution in [-0.2, 0) is 5.41 Å². The van der Waals surface area contributed by atoms with Crippen LogP contribution in [0.15, 0.2) is 162 Å². The van der Waals surface area contributed by atoms with Crippen molar-refractivity contribution in [3.05, 3.63) is 169 Å². The lowest BCUT2D eigenvalue weighted by molar-refractivity contribution is 0.647. The first-order valence-electron chi connectivity index (χ1n) is 18.0. The van der Waals surface area contributed by atoms with Crippen LogP contribution in [0.1, 0.15) is 25.0 Å². The van der Waals surface area contributed by atoms with Gasteiger partial charge in [0.25, 0.3) is 0 Å². The predicted octanol–water partition coefficient (Wildman–Crippen LogP) is 12.2. The molecular formula is C48H32N4O. The van der Waals surface area contributed by atoms with Crippen LogP contribution in [0.25, 0.3) is 94.7 Å². The summed E-state index contributed by atoms with van der Waals surface area (Å²) in [5, 5.41) is 4.78. The number of para-hydroxylation sites is 2. The van der Waals surface area contributed by atoms with E-state index in [0.29, 0.717) is 17.5 Å². The van der Waals surface area contributed by atoms with Crippen LogP contribution >= 0.6 is 0 Å². The molecule has 10 aromatic rings. The van der Waals surface area contributed by atoms with Crippen molar-refractivity contribution < 1.29 is 4.42 Å². The van der Waals surface area contributed by atoms with Gasteiger partial charge < -0.3 is 8.98 Å². The number of nitrogens with zero attached hydrogens (tertiary/aromatic N) is 4. The number of hydrogen-bond acceptors (Lipinski definition) is 4. The normalized spacial score (nSPS) is 13.2. The maximum absolute atomic E-state index is 6.35. The van der Waals surface area contributed by atoms with E-state index in [-0.39, 0.29) is 5.41 Å². The minimum absolute atomic E-state index is 0.206. The molecule has 53 heavy (non-hydrogen) atoms. The van der Waals surface area contributed by atoms with Crippen LogP contribution in [0, 0.1) is 0 Å². The van der Waals surface area contributed by atoms with Crippen molar-refractivity contribution in [2.45, 2.75) is 19.3 Å². The molecule has 3 aromatic heterocycles. The van der Waals surface area contributed by atoms with Gasteiger partial charge in [-0.3, -0.25) is 0 Å². The fourth-order valence-electron chi connectivity index (χ4n) is 8.39. The van der Waals surface area contributed by atoms with E-state index >= 15 is 0 Å². The van der Waals surface area contributed by atoms with Gasteiger partial charge in [0.05, 0.1) is 11.0 Å². The molecular weight excluding hydrogens is 649 g/mol. The summed E-state index contributed by atoms with van der Waals surface area (Å²) in [6.45, 7) is 4.67. The van der Waals surface area contributed by atoms with Gasteiger partial charge >= 0.3 is 0 Å². The van der Waals surface area contributed by atoms with Crippen molar-refractivity contribution in [2.75, 3.05) is 0 Å². The molecule has 5 nitrogen and oxygen atoms in total. The average Bonchev–Trinajstić information content (AvgIpc) is 3.82. The summed E-state index contributed by atoms with van der Waals surface area (Å²) < 4.78 is 8.74. The highest BCUT2D eigenvalue weighted by Gasteiger charge is 2.37. The molecule has 250 valence electrons. The summed E-state index contributed by atoms with van der Waals surface area (Å²) in [5.41, 5.74) is 13.1. The van der Waals surface area contributed by atoms with Crippen molar-refractivity contribution in [2.24, 2.45) is 0 Å². The molecule has 3 heterocycles. The molecule has 0 saturated carbocycles. The summed E-state index contributed by atoms with van der Waals surface area (Å²) in [5.74, 6) is 1.95. The van der Waals surface area contributed by atoms with E-state index in [1.165, 1.54) is 44.1 Å². The Morgan fingerprint density at radius 1 is 0.434 bits per heavy atom. The molecule has 11 rings (SSSR count). The van der Waals surface area contributed by atoms with Crippen molar-refractivity contribution in [3.8, 4) is 51.0 Å². The maximum atomic E-state index is 6.35. The zero-order chi connectivity index (χ0) is 35.3. The molecule has 0 atom stereocenters. The minimum atomic E-state index is -0.206. The second-order valence-corrected chi connectivity index (χ2v) is 14.5. The third kappa shape index (κ3) is 4.47. The smallest absolute Gasteiger partial charge is 0.164 e. The zero-order valence-corrected chi connectivity index (χ0v) is 29.2. The number of benzene rings is 7. The van der Waals surface area contributed by atoms with E-state index in [1.54, 1.807) is 0 Å². The first-order valence-corrected chi connectivity index (χ1v) is 18.0.